The molecule has 1 unspecified atom stereocenters. The molecule has 9 heteroatoms. The van der Waals surface area contributed by atoms with Crippen LogP contribution in [0.5, 0.6) is 5.75 Å². The molecule has 0 spiro atoms. The molecule has 1 aliphatic rings. The molecule has 8 nitrogen and oxygen atoms in total. The van der Waals surface area contributed by atoms with Gasteiger partial charge in [-0.15, -0.1) is 0 Å². The van der Waals surface area contributed by atoms with Gasteiger partial charge in [0.15, 0.2) is 5.75 Å². The highest BCUT2D eigenvalue weighted by Crippen LogP contribution is 2.30. The molecule has 0 radical (unpaired) electrons. The lowest BCUT2D eigenvalue weighted by Crippen LogP contribution is -2.39. The number of piperidine rings is 1. The van der Waals surface area contributed by atoms with Crippen LogP contribution in [0.15, 0.2) is 23.1 Å². The third kappa shape index (κ3) is 2.96. The van der Waals surface area contributed by atoms with Crippen LogP contribution in [0, 0.1) is 27.4 Å². The van der Waals surface area contributed by atoms with Gasteiger partial charge in [0.05, 0.1) is 21.8 Å². The molecule has 1 saturated heterocycles. The summed E-state index contributed by atoms with van der Waals surface area (Å²) < 4.78 is 26.0. The van der Waals surface area contributed by atoms with Gasteiger partial charge in [0, 0.05) is 19.2 Å². The summed E-state index contributed by atoms with van der Waals surface area (Å²) in [7, 11) is -3.91. The Morgan fingerprint density at radius 1 is 1.48 bits per heavy atom. The molecular weight excluding hydrogens is 298 g/mol. The van der Waals surface area contributed by atoms with Crippen LogP contribution >= 0.6 is 0 Å². The third-order valence-corrected chi connectivity index (χ3v) is 5.21. The lowest BCUT2D eigenvalue weighted by Gasteiger charge is -2.28. The van der Waals surface area contributed by atoms with Crippen molar-refractivity contribution in [3.05, 3.63) is 28.3 Å². The zero-order chi connectivity index (χ0) is 15.6. The average Bonchev–Trinajstić information content (AvgIpc) is 2.47. The molecule has 1 aromatic carbocycles. The van der Waals surface area contributed by atoms with E-state index in [0.717, 1.165) is 22.5 Å². The van der Waals surface area contributed by atoms with Crippen molar-refractivity contribution < 1.29 is 18.4 Å². The van der Waals surface area contributed by atoms with Crippen LogP contribution in [0.2, 0.25) is 0 Å². The summed E-state index contributed by atoms with van der Waals surface area (Å²) >= 11 is 0. The van der Waals surface area contributed by atoms with Crippen molar-refractivity contribution in [2.75, 3.05) is 13.1 Å². The van der Waals surface area contributed by atoms with Gasteiger partial charge >= 0.3 is 5.69 Å². The van der Waals surface area contributed by atoms with Crippen LogP contribution < -0.4 is 0 Å². The molecule has 2 rings (SSSR count). The number of aromatic hydroxyl groups is 1. The lowest BCUT2D eigenvalue weighted by molar-refractivity contribution is -0.386. The average molecular weight is 311 g/mol. The monoisotopic (exact) mass is 311 g/mol. The van der Waals surface area contributed by atoms with Gasteiger partial charge < -0.3 is 5.11 Å². The van der Waals surface area contributed by atoms with Gasteiger partial charge in [0.2, 0.25) is 10.0 Å². The van der Waals surface area contributed by atoms with Crippen molar-refractivity contribution in [1.82, 2.24) is 4.31 Å². The maximum absolute atomic E-state index is 12.4. The van der Waals surface area contributed by atoms with Gasteiger partial charge in [-0.3, -0.25) is 10.1 Å². The number of nitro groups is 1. The highest BCUT2D eigenvalue weighted by atomic mass is 32.2. The summed E-state index contributed by atoms with van der Waals surface area (Å²) in [4.78, 5) is 9.67. The van der Waals surface area contributed by atoms with E-state index in [4.69, 9.17) is 5.26 Å². The van der Waals surface area contributed by atoms with E-state index < -0.39 is 26.4 Å². The Balaban J connectivity index is 2.38. The largest absolute Gasteiger partial charge is 0.502 e. The van der Waals surface area contributed by atoms with E-state index in [-0.39, 0.29) is 23.9 Å². The molecule has 1 fully saturated rings. The summed E-state index contributed by atoms with van der Waals surface area (Å²) in [6, 6.07) is 4.98. The van der Waals surface area contributed by atoms with Gasteiger partial charge in [0.25, 0.3) is 0 Å². The van der Waals surface area contributed by atoms with Crippen LogP contribution in [0.1, 0.15) is 12.8 Å². The molecule has 1 aliphatic heterocycles. The van der Waals surface area contributed by atoms with Crippen LogP contribution in [-0.2, 0) is 10.0 Å². The molecular formula is C12H13N3O5S. The minimum absolute atomic E-state index is 0.0769. The van der Waals surface area contributed by atoms with Gasteiger partial charge in [0.1, 0.15) is 0 Å². The van der Waals surface area contributed by atoms with Crippen molar-refractivity contribution in [3.63, 3.8) is 0 Å². The first kappa shape index (κ1) is 15.2. The first-order valence-electron chi connectivity index (χ1n) is 6.23. The molecule has 112 valence electrons. The van der Waals surface area contributed by atoms with E-state index in [9.17, 15) is 23.6 Å². The molecule has 1 aromatic rings. The maximum Gasteiger partial charge on any atom is 0.312 e. The number of rotatable bonds is 3. The Bertz CT molecular complexity index is 710. The Labute approximate surface area is 121 Å². The normalized spacial score (nSPS) is 19.9. The molecule has 0 amide bonds. The Hall–Kier alpha value is -2.18. The summed E-state index contributed by atoms with van der Waals surface area (Å²) in [5.74, 6) is -0.965. The maximum atomic E-state index is 12.4. The van der Waals surface area contributed by atoms with Crippen molar-refractivity contribution in [3.8, 4) is 11.8 Å². The molecule has 0 bridgehead atoms. The second kappa shape index (κ2) is 5.67. The van der Waals surface area contributed by atoms with E-state index in [1.807, 2.05) is 6.07 Å². The van der Waals surface area contributed by atoms with Gasteiger partial charge in [-0.25, -0.2) is 8.42 Å². The minimum Gasteiger partial charge on any atom is -0.502 e. The van der Waals surface area contributed by atoms with E-state index in [2.05, 4.69) is 0 Å². The summed E-state index contributed by atoms with van der Waals surface area (Å²) in [6.45, 7) is 0.350. The molecule has 0 aliphatic carbocycles. The number of nitriles is 1. The van der Waals surface area contributed by atoms with Crippen molar-refractivity contribution >= 4 is 15.7 Å². The second-order valence-electron chi connectivity index (χ2n) is 4.74. The fraction of sp³-hybridized carbons (Fsp3) is 0.417. The summed E-state index contributed by atoms with van der Waals surface area (Å²) in [5, 5.41) is 29.0. The van der Waals surface area contributed by atoms with Crippen molar-refractivity contribution in [1.29, 1.82) is 5.26 Å². The van der Waals surface area contributed by atoms with E-state index in [1.54, 1.807) is 0 Å². The van der Waals surface area contributed by atoms with E-state index in [1.165, 1.54) is 0 Å². The van der Waals surface area contributed by atoms with Crippen LogP contribution in [-0.4, -0.2) is 35.8 Å². The van der Waals surface area contributed by atoms with E-state index in [0.29, 0.717) is 12.8 Å². The van der Waals surface area contributed by atoms with Gasteiger partial charge in [-0.1, -0.05) is 0 Å². The molecule has 1 atom stereocenters. The van der Waals surface area contributed by atoms with Crippen molar-refractivity contribution in [2.45, 2.75) is 17.7 Å². The van der Waals surface area contributed by atoms with Gasteiger partial charge in [-0.05, 0) is 25.0 Å². The predicted octanol–water partition coefficient (Wildman–Crippen LogP) is 1.22. The Morgan fingerprint density at radius 2 is 2.19 bits per heavy atom. The lowest BCUT2D eigenvalue weighted by atomic mass is 10.0. The highest BCUT2D eigenvalue weighted by Gasteiger charge is 2.31. The van der Waals surface area contributed by atoms with Crippen LogP contribution in [0.3, 0.4) is 0 Å². The first-order valence-corrected chi connectivity index (χ1v) is 7.67. The number of sulfonamides is 1. The number of hydrogen-bond donors (Lipinski definition) is 1. The highest BCUT2D eigenvalue weighted by molar-refractivity contribution is 7.89. The predicted molar refractivity (Wildman–Crippen MR) is 71.9 cm³/mol. The zero-order valence-corrected chi connectivity index (χ0v) is 11.8. The van der Waals surface area contributed by atoms with Gasteiger partial charge in [-0.2, -0.15) is 9.57 Å². The molecule has 1 N–H and O–H groups in total. The fourth-order valence-corrected chi connectivity index (χ4v) is 3.77. The van der Waals surface area contributed by atoms with Crippen LogP contribution in [0.4, 0.5) is 5.69 Å². The quantitative estimate of drug-likeness (QED) is 0.661. The van der Waals surface area contributed by atoms with Crippen LogP contribution in [0.25, 0.3) is 0 Å². The number of phenolic OH excluding ortho intramolecular Hbond substituents is 1. The SMILES string of the molecule is N#CC1CCCN(S(=O)(=O)c2ccc(O)c([N+](=O)[O-])c2)C1. The number of nitrogens with zero attached hydrogens (tertiary/aromatic N) is 3. The number of phenols is 1. The summed E-state index contributed by atoms with van der Waals surface area (Å²) in [5.41, 5.74) is -0.662. The number of benzene rings is 1. The second-order valence-corrected chi connectivity index (χ2v) is 6.68. The number of nitro benzene ring substituents is 1. The summed E-state index contributed by atoms with van der Waals surface area (Å²) in [6.07, 6.45) is 1.20. The fourth-order valence-electron chi connectivity index (χ4n) is 2.23. The number of hydrogen-bond acceptors (Lipinski definition) is 6. The smallest absolute Gasteiger partial charge is 0.312 e. The Morgan fingerprint density at radius 3 is 2.81 bits per heavy atom. The van der Waals surface area contributed by atoms with E-state index >= 15 is 0 Å². The molecule has 0 saturated carbocycles. The first-order chi connectivity index (χ1) is 9.86. The third-order valence-electron chi connectivity index (χ3n) is 3.35. The molecule has 1 heterocycles. The minimum atomic E-state index is -3.91. The van der Waals surface area contributed by atoms with Crippen molar-refractivity contribution in [2.24, 2.45) is 5.92 Å². The molecule has 21 heavy (non-hydrogen) atoms. The Kier molecular flexibility index (Phi) is 4.11. The topological polar surface area (TPSA) is 125 Å². The standard InChI is InChI=1S/C12H13N3O5S/c13-7-9-2-1-5-14(8-9)21(19,20)10-3-4-12(16)11(6-10)15(17)18/h3-4,6,9,16H,1-2,5,8H2. The molecule has 0 aromatic heterocycles. The zero-order valence-electron chi connectivity index (χ0n) is 11.0.